The summed E-state index contributed by atoms with van der Waals surface area (Å²) in [4.78, 5) is 0. The van der Waals surface area contributed by atoms with Crippen molar-refractivity contribution in [2.24, 2.45) is 23.3 Å². The van der Waals surface area contributed by atoms with Gasteiger partial charge in [0.15, 0.2) is 0 Å². The van der Waals surface area contributed by atoms with Crippen molar-refractivity contribution < 1.29 is 0 Å². The highest BCUT2D eigenvalue weighted by Crippen LogP contribution is 2.31. The van der Waals surface area contributed by atoms with Crippen molar-refractivity contribution in [3.63, 3.8) is 0 Å². The number of hydrogen-bond donors (Lipinski definition) is 2. The van der Waals surface area contributed by atoms with Crippen molar-refractivity contribution in [1.29, 1.82) is 0 Å². The summed E-state index contributed by atoms with van der Waals surface area (Å²) in [7, 11) is 0. The quantitative estimate of drug-likeness (QED) is 0.822. The van der Waals surface area contributed by atoms with Crippen molar-refractivity contribution in [3.05, 3.63) is 34.9 Å². The molecular formula is C15H26N2. The summed E-state index contributed by atoms with van der Waals surface area (Å²) in [6.07, 6.45) is 0. The van der Waals surface area contributed by atoms with Crippen LogP contribution in [-0.4, -0.2) is 13.1 Å². The van der Waals surface area contributed by atoms with Crippen molar-refractivity contribution in [3.8, 4) is 0 Å². The molecule has 2 nitrogen and oxygen atoms in total. The van der Waals surface area contributed by atoms with Gasteiger partial charge in [0.25, 0.3) is 0 Å². The number of hydrogen-bond acceptors (Lipinski definition) is 2. The molecule has 2 heteroatoms. The van der Waals surface area contributed by atoms with Crippen LogP contribution < -0.4 is 11.5 Å². The van der Waals surface area contributed by atoms with E-state index in [4.69, 9.17) is 11.5 Å². The maximum Gasteiger partial charge on any atom is -0.00340 e. The van der Waals surface area contributed by atoms with E-state index in [2.05, 4.69) is 45.9 Å². The van der Waals surface area contributed by atoms with E-state index in [0.717, 1.165) is 0 Å². The van der Waals surface area contributed by atoms with Crippen LogP contribution in [0.25, 0.3) is 0 Å². The van der Waals surface area contributed by atoms with Crippen molar-refractivity contribution in [2.45, 2.75) is 33.6 Å². The summed E-state index contributed by atoms with van der Waals surface area (Å²) >= 11 is 0. The second-order valence-electron chi connectivity index (χ2n) is 5.24. The molecule has 0 radical (unpaired) electrons. The van der Waals surface area contributed by atoms with Gasteiger partial charge in [0.1, 0.15) is 0 Å². The van der Waals surface area contributed by atoms with E-state index in [-0.39, 0.29) is 0 Å². The van der Waals surface area contributed by atoms with E-state index in [1.54, 1.807) is 0 Å². The fraction of sp³-hybridized carbons (Fsp3) is 0.600. The van der Waals surface area contributed by atoms with Crippen molar-refractivity contribution in [1.82, 2.24) is 0 Å². The molecule has 0 saturated carbocycles. The van der Waals surface area contributed by atoms with Crippen molar-refractivity contribution in [2.75, 3.05) is 13.1 Å². The zero-order valence-corrected chi connectivity index (χ0v) is 11.5. The Morgan fingerprint density at radius 3 is 2.12 bits per heavy atom. The topological polar surface area (TPSA) is 52.0 Å². The Morgan fingerprint density at radius 1 is 1.06 bits per heavy atom. The molecule has 17 heavy (non-hydrogen) atoms. The van der Waals surface area contributed by atoms with Crippen LogP contribution in [0.4, 0.5) is 0 Å². The minimum atomic E-state index is 0.408. The highest BCUT2D eigenvalue weighted by Gasteiger charge is 2.22. The summed E-state index contributed by atoms with van der Waals surface area (Å²) in [6, 6.07) is 6.68. The average molecular weight is 234 g/mol. The van der Waals surface area contributed by atoms with Crippen LogP contribution in [0.1, 0.15) is 36.5 Å². The third-order valence-corrected chi connectivity index (χ3v) is 4.05. The molecule has 0 aliphatic carbocycles. The summed E-state index contributed by atoms with van der Waals surface area (Å²) in [6.45, 7) is 10.2. The smallest absolute Gasteiger partial charge is 0.00340 e. The van der Waals surface area contributed by atoms with E-state index >= 15 is 0 Å². The maximum absolute atomic E-state index is 5.78. The predicted molar refractivity (Wildman–Crippen MR) is 75.1 cm³/mol. The van der Waals surface area contributed by atoms with Gasteiger partial charge in [-0.25, -0.2) is 0 Å². The third-order valence-electron chi connectivity index (χ3n) is 4.05. The lowest BCUT2D eigenvalue weighted by atomic mass is 9.78. The van der Waals surface area contributed by atoms with Crippen LogP contribution in [0.3, 0.4) is 0 Å². The Kier molecular flexibility index (Phi) is 5.16. The van der Waals surface area contributed by atoms with Crippen LogP contribution in [0, 0.1) is 25.7 Å². The molecule has 0 bridgehead atoms. The second-order valence-corrected chi connectivity index (χ2v) is 5.24. The Balaban J connectivity index is 2.91. The third kappa shape index (κ3) is 3.30. The summed E-state index contributed by atoms with van der Waals surface area (Å²) in [5.74, 6) is 1.44. The van der Waals surface area contributed by atoms with Gasteiger partial charge in [-0.3, -0.25) is 0 Å². The van der Waals surface area contributed by atoms with E-state index in [0.29, 0.717) is 30.8 Å². The number of aryl methyl sites for hydroxylation is 2. The molecule has 1 aromatic rings. The molecule has 1 aromatic carbocycles. The SMILES string of the molecule is Cc1ccc(C(C)C(C)C(CN)CN)c(C)c1. The lowest BCUT2D eigenvalue weighted by molar-refractivity contribution is 0.328. The van der Waals surface area contributed by atoms with E-state index in [1.165, 1.54) is 16.7 Å². The fourth-order valence-electron chi connectivity index (χ4n) is 2.55. The first-order chi connectivity index (χ1) is 8.01. The van der Waals surface area contributed by atoms with Crippen LogP contribution in [-0.2, 0) is 0 Å². The lowest BCUT2D eigenvalue weighted by Crippen LogP contribution is -2.31. The van der Waals surface area contributed by atoms with Gasteiger partial charge in [-0.1, -0.05) is 37.6 Å². The summed E-state index contributed by atoms with van der Waals surface area (Å²) in [5, 5.41) is 0. The molecule has 0 fully saturated rings. The first-order valence-corrected chi connectivity index (χ1v) is 6.48. The summed E-state index contributed by atoms with van der Waals surface area (Å²) < 4.78 is 0. The fourth-order valence-corrected chi connectivity index (χ4v) is 2.55. The summed E-state index contributed by atoms with van der Waals surface area (Å²) in [5.41, 5.74) is 15.7. The zero-order chi connectivity index (χ0) is 13.0. The lowest BCUT2D eigenvalue weighted by Gasteiger charge is -2.28. The Labute approximate surface area is 105 Å². The normalized spacial score (nSPS) is 15.0. The number of rotatable bonds is 5. The number of benzene rings is 1. The first kappa shape index (κ1) is 14.2. The standard InChI is InChI=1S/C15H26N2/c1-10-5-6-15(11(2)7-10)13(4)12(3)14(8-16)9-17/h5-7,12-14H,8-9,16-17H2,1-4H3. The van der Waals surface area contributed by atoms with Crippen LogP contribution >= 0.6 is 0 Å². The van der Waals surface area contributed by atoms with Gasteiger partial charge in [-0.05, 0) is 55.8 Å². The monoisotopic (exact) mass is 234 g/mol. The molecule has 1 rings (SSSR count). The Hall–Kier alpha value is -0.860. The molecular weight excluding hydrogens is 208 g/mol. The molecule has 0 heterocycles. The van der Waals surface area contributed by atoms with Gasteiger partial charge in [-0.15, -0.1) is 0 Å². The second kappa shape index (κ2) is 6.18. The molecule has 4 N–H and O–H groups in total. The van der Waals surface area contributed by atoms with Gasteiger partial charge in [0.05, 0.1) is 0 Å². The minimum absolute atomic E-state index is 0.408. The predicted octanol–water partition coefficient (Wildman–Crippen LogP) is 2.58. The van der Waals surface area contributed by atoms with Crippen LogP contribution in [0.5, 0.6) is 0 Å². The van der Waals surface area contributed by atoms with Crippen LogP contribution in [0.15, 0.2) is 18.2 Å². The van der Waals surface area contributed by atoms with Gasteiger partial charge in [0.2, 0.25) is 0 Å². The van der Waals surface area contributed by atoms with E-state index in [9.17, 15) is 0 Å². The average Bonchev–Trinajstić information content (AvgIpc) is 2.29. The van der Waals surface area contributed by atoms with Gasteiger partial charge in [0, 0.05) is 0 Å². The molecule has 0 spiro atoms. The first-order valence-electron chi connectivity index (χ1n) is 6.48. The van der Waals surface area contributed by atoms with Gasteiger partial charge < -0.3 is 11.5 Å². The molecule has 0 amide bonds. The van der Waals surface area contributed by atoms with E-state index in [1.807, 2.05) is 0 Å². The Morgan fingerprint density at radius 2 is 1.65 bits per heavy atom. The zero-order valence-electron chi connectivity index (χ0n) is 11.5. The molecule has 0 aliphatic heterocycles. The van der Waals surface area contributed by atoms with Gasteiger partial charge >= 0.3 is 0 Å². The highest BCUT2D eigenvalue weighted by atomic mass is 14.6. The van der Waals surface area contributed by atoms with Gasteiger partial charge in [-0.2, -0.15) is 0 Å². The molecule has 96 valence electrons. The Bertz CT molecular complexity index is 356. The molecule has 0 saturated heterocycles. The van der Waals surface area contributed by atoms with E-state index < -0.39 is 0 Å². The number of nitrogens with two attached hydrogens (primary N) is 2. The highest BCUT2D eigenvalue weighted by molar-refractivity contribution is 5.33. The maximum atomic E-state index is 5.78. The molecule has 0 aromatic heterocycles. The largest absolute Gasteiger partial charge is 0.330 e. The molecule has 0 aliphatic rings. The molecule has 2 atom stereocenters. The van der Waals surface area contributed by atoms with Crippen molar-refractivity contribution >= 4 is 0 Å². The molecule has 2 unspecified atom stereocenters. The van der Waals surface area contributed by atoms with Crippen LogP contribution in [0.2, 0.25) is 0 Å². The minimum Gasteiger partial charge on any atom is -0.330 e.